The van der Waals surface area contributed by atoms with Crippen molar-refractivity contribution >= 4 is 42.9 Å². The van der Waals surface area contributed by atoms with Crippen molar-refractivity contribution in [1.82, 2.24) is 9.78 Å². The second kappa shape index (κ2) is 5.56. The fourth-order valence-electron chi connectivity index (χ4n) is 1.79. The maximum Gasteiger partial charge on any atom is 0.266 e. The molecule has 2 aromatic rings. The molecule has 2 rings (SSSR count). The van der Waals surface area contributed by atoms with Gasteiger partial charge in [-0.05, 0) is 18.1 Å². The van der Waals surface area contributed by atoms with E-state index in [1.165, 1.54) is 4.68 Å². The summed E-state index contributed by atoms with van der Waals surface area (Å²) in [4.78, 5) is -0.171. The lowest BCUT2D eigenvalue weighted by Crippen LogP contribution is -1.99. The van der Waals surface area contributed by atoms with Crippen LogP contribution in [0.2, 0.25) is 10.2 Å². The van der Waals surface area contributed by atoms with Crippen LogP contribution in [0.5, 0.6) is 0 Å². The van der Waals surface area contributed by atoms with Crippen LogP contribution in [0.15, 0.2) is 29.2 Å². The van der Waals surface area contributed by atoms with Crippen molar-refractivity contribution in [3.63, 3.8) is 0 Å². The Bertz CT molecular complexity index is 754. The van der Waals surface area contributed by atoms with Gasteiger partial charge in [-0.15, -0.1) is 0 Å². The molecular formula is C12H11Cl3N2O2S. The number of aromatic nitrogens is 2. The van der Waals surface area contributed by atoms with E-state index in [0.29, 0.717) is 16.4 Å². The Balaban J connectivity index is 2.79. The number of nitrogens with zero attached hydrogens (tertiary/aromatic N) is 2. The molecule has 0 aliphatic rings. The first-order chi connectivity index (χ1) is 9.23. The smallest absolute Gasteiger partial charge is 0.219 e. The van der Waals surface area contributed by atoms with Crippen LogP contribution in [-0.2, 0) is 9.05 Å². The summed E-state index contributed by atoms with van der Waals surface area (Å²) in [7, 11) is 1.46. The van der Waals surface area contributed by atoms with Gasteiger partial charge in [-0.2, -0.15) is 5.10 Å². The number of halogens is 3. The lowest BCUT2D eigenvalue weighted by atomic mass is 10.1. The molecule has 1 aromatic carbocycles. The molecular weight excluding hydrogens is 343 g/mol. The van der Waals surface area contributed by atoms with Crippen molar-refractivity contribution < 1.29 is 8.42 Å². The molecule has 0 radical (unpaired) electrons. The molecule has 0 amide bonds. The molecule has 0 saturated heterocycles. The molecule has 0 fully saturated rings. The number of para-hydroxylation sites is 1. The van der Waals surface area contributed by atoms with E-state index in [1.807, 2.05) is 0 Å². The molecule has 1 aromatic heterocycles. The summed E-state index contributed by atoms with van der Waals surface area (Å²) in [5.41, 5.74) is 0.803. The zero-order chi connectivity index (χ0) is 15.1. The highest BCUT2D eigenvalue weighted by atomic mass is 35.7. The molecule has 0 aliphatic heterocycles. The minimum atomic E-state index is -4.00. The fourth-order valence-corrected chi connectivity index (χ4v) is 3.92. The molecule has 108 valence electrons. The van der Waals surface area contributed by atoms with E-state index >= 15 is 0 Å². The van der Waals surface area contributed by atoms with Gasteiger partial charge in [0.2, 0.25) is 0 Å². The van der Waals surface area contributed by atoms with Crippen molar-refractivity contribution in [2.24, 2.45) is 0 Å². The van der Waals surface area contributed by atoms with Crippen molar-refractivity contribution in [3.05, 3.63) is 40.1 Å². The van der Waals surface area contributed by atoms with Gasteiger partial charge < -0.3 is 0 Å². The maximum atomic E-state index is 11.7. The molecule has 0 saturated carbocycles. The zero-order valence-electron chi connectivity index (χ0n) is 10.6. The minimum absolute atomic E-state index is 0.0724. The molecule has 4 nitrogen and oxygen atoms in total. The van der Waals surface area contributed by atoms with Gasteiger partial charge in [0.25, 0.3) is 9.05 Å². The molecule has 0 bridgehead atoms. The van der Waals surface area contributed by atoms with Gasteiger partial charge >= 0.3 is 0 Å². The van der Waals surface area contributed by atoms with Crippen molar-refractivity contribution in [3.8, 4) is 5.69 Å². The van der Waals surface area contributed by atoms with E-state index in [1.54, 1.807) is 38.1 Å². The number of hydrogen-bond acceptors (Lipinski definition) is 3. The monoisotopic (exact) mass is 352 g/mol. The lowest BCUT2D eigenvalue weighted by Gasteiger charge is -2.05. The standard InChI is InChI=1S/C12H11Cl3N2O2S/c1-7(2)10-11(20(15,18)19)12(14)17(16-10)9-6-4-3-5-8(9)13/h3-7H,1-2H3. The van der Waals surface area contributed by atoms with Crippen molar-refractivity contribution in [1.29, 1.82) is 0 Å². The summed E-state index contributed by atoms with van der Waals surface area (Å²) in [6.45, 7) is 3.61. The maximum absolute atomic E-state index is 11.7. The average Bonchev–Trinajstić information content (AvgIpc) is 2.67. The second-order valence-electron chi connectivity index (χ2n) is 4.46. The summed E-state index contributed by atoms with van der Waals surface area (Å²) in [6, 6.07) is 6.86. The highest BCUT2D eigenvalue weighted by Crippen LogP contribution is 2.35. The van der Waals surface area contributed by atoms with E-state index in [4.69, 9.17) is 33.9 Å². The highest BCUT2D eigenvalue weighted by Gasteiger charge is 2.28. The quantitative estimate of drug-likeness (QED) is 0.776. The second-order valence-corrected chi connectivity index (χ2v) is 7.73. The van der Waals surface area contributed by atoms with E-state index in [-0.39, 0.29) is 16.0 Å². The summed E-state index contributed by atoms with van der Waals surface area (Å²) >= 11 is 12.2. The predicted molar refractivity (Wildman–Crippen MR) is 80.7 cm³/mol. The van der Waals surface area contributed by atoms with Crippen molar-refractivity contribution in [2.45, 2.75) is 24.7 Å². The minimum Gasteiger partial charge on any atom is -0.219 e. The van der Waals surface area contributed by atoms with Crippen LogP contribution in [0.1, 0.15) is 25.5 Å². The van der Waals surface area contributed by atoms with Gasteiger partial charge in [-0.25, -0.2) is 13.1 Å². The van der Waals surface area contributed by atoms with Gasteiger partial charge in [-0.3, -0.25) is 0 Å². The fraction of sp³-hybridized carbons (Fsp3) is 0.250. The largest absolute Gasteiger partial charge is 0.266 e. The third-order valence-corrected chi connectivity index (χ3v) is 4.82. The Morgan fingerprint density at radius 1 is 1.20 bits per heavy atom. The molecule has 1 heterocycles. The van der Waals surface area contributed by atoms with E-state index in [9.17, 15) is 8.42 Å². The lowest BCUT2D eigenvalue weighted by molar-refractivity contribution is 0.607. The first-order valence-electron chi connectivity index (χ1n) is 5.71. The Hall–Kier alpha value is -0.750. The summed E-state index contributed by atoms with van der Waals surface area (Å²) in [5, 5.41) is 4.58. The van der Waals surface area contributed by atoms with Crippen LogP contribution >= 0.6 is 33.9 Å². The molecule has 0 unspecified atom stereocenters. The summed E-state index contributed by atoms with van der Waals surface area (Å²) < 4.78 is 24.7. The van der Waals surface area contributed by atoms with Crippen LogP contribution in [0.25, 0.3) is 5.69 Å². The molecule has 0 N–H and O–H groups in total. The third kappa shape index (κ3) is 2.81. The zero-order valence-corrected chi connectivity index (χ0v) is 13.7. The molecule has 0 atom stereocenters. The number of benzene rings is 1. The molecule has 0 aliphatic carbocycles. The van der Waals surface area contributed by atoms with Gasteiger partial charge in [0, 0.05) is 10.7 Å². The van der Waals surface area contributed by atoms with Crippen LogP contribution in [0, 0.1) is 0 Å². The van der Waals surface area contributed by atoms with Gasteiger partial charge in [0.15, 0.2) is 5.15 Å². The SMILES string of the molecule is CC(C)c1nn(-c2ccccc2Cl)c(Cl)c1S(=O)(=O)Cl. The van der Waals surface area contributed by atoms with Gasteiger partial charge in [0.05, 0.1) is 16.4 Å². The van der Waals surface area contributed by atoms with Crippen LogP contribution in [0.3, 0.4) is 0 Å². The van der Waals surface area contributed by atoms with E-state index < -0.39 is 9.05 Å². The van der Waals surface area contributed by atoms with E-state index in [0.717, 1.165) is 0 Å². The normalized spacial score (nSPS) is 12.1. The Morgan fingerprint density at radius 2 is 1.80 bits per heavy atom. The van der Waals surface area contributed by atoms with Crippen LogP contribution in [0.4, 0.5) is 0 Å². The first kappa shape index (κ1) is 15.6. The van der Waals surface area contributed by atoms with Crippen LogP contribution in [-0.4, -0.2) is 18.2 Å². The summed E-state index contributed by atoms with van der Waals surface area (Å²) in [6.07, 6.45) is 0. The Labute approximate surface area is 131 Å². The van der Waals surface area contributed by atoms with Crippen molar-refractivity contribution in [2.75, 3.05) is 0 Å². The first-order valence-corrected chi connectivity index (χ1v) is 8.78. The molecule has 8 heteroatoms. The molecule has 20 heavy (non-hydrogen) atoms. The number of hydrogen-bond donors (Lipinski definition) is 0. The van der Waals surface area contributed by atoms with Gasteiger partial charge in [-0.1, -0.05) is 49.2 Å². The predicted octanol–water partition coefficient (Wildman–Crippen LogP) is 4.23. The van der Waals surface area contributed by atoms with Gasteiger partial charge in [0.1, 0.15) is 4.90 Å². The third-order valence-electron chi connectivity index (χ3n) is 2.69. The topological polar surface area (TPSA) is 52.0 Å². The summed E-state index contributed by atoms with van der Waals surface area (Å²) in [5.74, 6) is -0.153. The Kier molecular flexibility index (Phi) is 4.35. The number of rotatable bonds is 3. The molecule has 0 spiro atoms. The average molecular weight is 354 g/mol. The van der Waals surface area contributed by atoms with Crippen LogP contribution < -0.4 is 0 Å². The van der Waals surface area contributed by atoms with E-state index in [2.05, 4.69) is 5.10 Å². The Morgan fingerprint density at radius 3 is 2.25 bits per heavy atom. The highest BCUT2D eigenvalue weighted by molar-refractivity contribution is 8.13.